The monoisotopic (exact) mass is 262 g/mol. The molecule has 0 atom stereocenters. The Morgan fingerprint density at radius 2 is 2.23 bits per heavy atom. The third-order valence-electron chi connectivity index (χ3n) is 1.88. The quantitative estimate of drug-likeness (QED) is 0.799. The normalized spacial score (nSPS) is 12.2. The van der Waals surface area contributed by atoms with Gasteiger partial charge in [0, 0.05) is 5.54 Å². The zero-order valence-electron chi connectivity index (χ0n) is 7.93. The number of halogens is 2. The van der Waals surface area contributed by atoms with Crippen LogP contribution in [0.25, 0.3) is 0 Å². The second-order valence-corrected chi connectivity index (χ2v) is 4.11. The number of rotatable bonds is 2. The summed E-state index contributed by atoms with van der Waals surface area (Å²) < 4.78 is 3.02. The van der Waals surface area contributed by atoms with E-state index in [9.17, 15) is 0 Å². The molecule has 0 N–H and O–H groups in total. The van der Waals surface area contributed by atoms with Crippen molar-refractivity contribution in [3.63, 3.8) is 0 Å². The average Bonchev–Trinajstić information content (AvgIpc) is 2.34. The lowest BCUT2D eigenvalue weighted by molar-refractivity contribution is 0.651. The van der Waals surface area contributed by atoms with Crippen molar-refractivity contribution in [3.8, 4) is 0 Å². The molecular weight excluding hydrogens is 251 g/mol. The van der Waals surface area contributed by atoms with Gasteiger partial charge in [0.05, 0.1) is 22.4 Å². The summed E-state index contributed by atoms with van der Waals surface area (Å²) in [5.74, 6) is 0. The summed E-state index contributed by atoms with van der Waals surface area (Å²) in [7, 11) is 0. The molecule has 0 saturated carbocycles. The molecule has 1 aromatic heterocycles. The van der Waals surface area contributed by atoms with Crippen LogP contribution in [0.3, 0.4) is 0 Å². The van der Waals surface area contributed by atoms with Gasteiger partial charge in [0.25, 0.3) is 0 Å². The van der Waals surface area contributed by atoms with Gasteiger partial charge < -0.3 is 0 Å². The molecule has 0 fully saturated rings. The van der Waals surface area contributed by atoms with Gasteiger partial charge in [0.15, 0.2) is 0 Å². The Kier molecular flexibility index (Phi) is 3.56. The minimum absolute atomic E-state index is 0.752. The number of aryl methyl sites for hydroxylation is 1. The lowest BCUT2D eigenvalue weighted by Gasteiger charge is -2.03. The second kappa shape index (κ2) is 4.29. The van der Waals surface area contributed by atoms with E-state index in [4.69, 9.17) is 11.6 Å². The molecule has 0 aromatic carbocycles. The fourth-order valence-corrected chi connectivity index (χ4v) is 1.45. The Labute approximate surface area is 91.7 Å². The molecule has 1 rings (SSSR count). The molecule has 0 amide bonds. The van der Waals surface area contributed by atoms with Gasteiger partial charge in [-0.05, 0) is 42.3 Å². The molecule has 0 aliphatic carbocycles. The SMILES string of the molecule is CC(=CCl)Cn1nc(C)c(Br)c1C. The van der Waals surface area contributed by atoms with Gasteiger partial charge in [-0.25, -0.2) is 0 Å². The number of nitrogens with zero attached hydrogens (tertiary/aromatic N) is 2. The van der Waals surface area contributed by atoms with Crippen molar-refractivity contribution in [2.45, 2.75) is 27.3 Å². The highest BCUT2D eigenvalue weighted by atomic mass is 79.9. The summed E-state index contributed by atoms with van der Waals surface area (Å²) in [4.78, 5) is 0. The van der Waals surface area contributed by atoms with Crippen LogP contribution in [-0.4, -0.2) is 9.78 Å². The van der Waals surface area contributed by atoms with E-state index in [1.54, 1.807) is 5.54 Å². The van der Waals surface area contributed by atoms with Crippen LogP contribution in [0.15, 0.2) is 15.6 Å². The van der Waals surface area contributed by atoms with Gasteiger partial charge in [0.1, 0.15) is 0 Å². The van der Waals surface area contributed by atoms with Gasteiger partial charge in [-0.3, -0.25) is 4.68 Å². The minimum Gasteiger partial charge on any atom is -0.264 e. The van der Waals surface area contributed by atoms with E-state index in [-0.39, 0.29) is 0 Å². The third kappa shape index (κ3) is 2.35. The molecule has 72 valence electrons. The summed E-state index contributed by atoms with van der Waals surface area (Å²) in [6.07, 6.45) is 0. The van der Waals surface area contributed by atoms with Crippen LogP contribution in [0, 0.1) is 13.8 Å². The number of hydrogen-bond donors (Lipinski definition) is 0. The lowest BCUT2D eigenvalue weighted by atomic mass is 10.3. The summed E-state index contributed by atoms with van der Waals surface area (Å²) in [5, 5.41) is 4.37. The molecule has 0 spiro atoms. The van der Waals surface area contributed by atoms with Crippen LogP contribution in [0.2, 0.25) is 0 Å². The minimum atomic E-state index is 0.752. The van der Waals surface area contributed by atoms with Crippen LogP contribution in [-0.2, 0) is 6.54 Å². The van der Waals surface area contributed by atoms with Crippen molar-refractivity contribution in [2.24, 2.45) is 0 Å². The Bertz CT molecular complexity index is 342. The van der Waals surface area contributed by atoms with E-state index >= 15 is 0 Å². The first-order valence-corrected chi connectivity index (χ1v) is 5.24. The van der Waals surface area contributed by atoms with Crippen LogP contribution < -0.4 is 0 Å². The highest BCUT2D eigenvalue weighted by Crippen LogP contribution is 2.20. The Balaban J connectivity index is 2.96. The molecule has 4 heteroatoms. The molecular formula is C9H12BrClN2. The molecule has 0 saturated heterocycles. The first-order chi connectivity index (χ1) is 6.06. The van der Waals surface area contributed by atoms with Crippen molar-refractivity contribution in [3.05, 3.63) is 27.0 Å². The van der Waals surface area contributed by atoms with E-state index in [1.165, 1.54) is 0 Å². The predicted octanol–water partition coefficient (Wildman–Crippen LogP) is 3.41. The Hall–Kier alpha value is -0.280. The highest BCUT2D eigenvalue weighted by Gasteiger charge is 2.07. The first-order valence-electron chi connectivity index (χ1n) is 4.01. The summed E-state index contributed by atoms with van der Waals surface area (Å²) >= 11 is 9.06. The third-order valence-corrected chi connectivity index (χ3v) is 3.40. The second-order valence-electron chi connectivity index (χ2n) is 3.10. The summed E-state index contributed by atoms with van der Waals surface area (Å²) in [6, 6.07) is 0. The highest BCUT2D eigenvalue weighted by molar-refractivity contribution is 9.10. The summed E-state index contributed by atoms with van der Waals surface area (Å²) in [6.45, 7) is 6.75. The van der Waals surface area contributed by atoms with E-state index in [0.29, 0.717) is 0 Å². The van der Waals surface area contributed by atoms with Crippen LogP contribution in [0.5, 0.6) is 0 Å². The largest absolute Gasteiger partial charge is 0.264 e. The molecule has 0 radical (unpaired) electrons. The van der Waals surface area contributed by atoms with Gasteiger partial charge >= 0.3 is 0 Å². The van der Waals surface area contributed by atoms with Crippen LogP contribution in [0.4, 0.5) is 0 Å². The van der Waals surface area contributed by atoms with E-state index in [2.05, 4.69) is 21.0 Å². The molecule has 0 unspecified atom stereocenters. The lowest BCUT2D eigenvalue weighted by Crippen LogP contribution is -2.03. The predicted molar refractivity (Wildman–Crippen MR) is 59.0 cm³/mol. The van der Waals surface area contributed by atoms with Gasteiger partial charge in [-0.15, -0.1) is 0 Å². The standard InChI is InChI=1S/C9H12BrClN2/c1-6(4-11)5-13-8(3)9(10)7(2)12-13/h4H,5H2,1-3H3. The van der Waals surface area contributed by atoms with Gasteiger partial charge in [-0.2, -0.15) is 5.10 Å². The smallest absolute Gasteiger partial charge is 0.0738 e. The number of aromatic nitrogens is 2. The van der Waals surface area contributed by atoms with Crippen molar-refractivity contribution < 1.29 is 0 Å². The molecule has 0 bridgehead atoms. The van der Waals surface area contributed by atoms with Crippen molar-refractivity contribution in [1.29, 1.82) is 0 Å². The van der Waals surface area contributed by atoms with Crippen molar-refractivity contribution >= 4 is 27.5 Å². The van der Waals surface area contributed by atoms with Gasteiger partial charge in [0.2, 0.25) is 0 Å². The van der Waals surface area contributed by atoms with E-state index in [1.807, 2.05) is 25.5 Å². The topological polar surface area (TPSA) is 17.8 Å². The first kappa shape index (κ1) is 10.8. The molecule has 1 aromatic rings. The Morgan fingerprint density at radius 3 is 2.62 bits per heavy atom. The fourth-order valence-electron chi connectivity index (χ4n) is 1.10. The maximum atomic E-state index is 5.59. The van der Waals surface area contributed by atoms with E-state index in [0.717, 1.165) is 28.0 Å². The summed E-state index contributed by atoms with van der Waals surface area (Å²) in [5.41, 5.74) is 4.83. The molecule has 0 aliphatic heterocycles. The maximum Gasteiger partial charge on any atom is 0.0738 e. The Morgan fingerprint density at radius 1 is 1.62 bits per heavy atom. The van der Waals surface area contributed by atoms with E-state index < -0.39 is 0 Å². The zero-order valence-corrected chi connectivity index (χ0v) is 10.3. The average molecular weight is 264 g/mol. The van der Waals surface area contributed by atoms with Crippen LogP contribution in [0.1, 0.15) is 18.3 Å². The van der Waals surface area contributed by atoms with Crippen molar-refractivity contribution in [1.82, 2.24) is 9.78 Å². The maximum absolute atomic E-state index is 5.59. The fraction of sp³-hybridized carbons (Fsp3) is 0.444. The molecule has 2 nitrogen and oxygen atoms in total. The van der Waals surface area contributed by atoms with Gasteiger partial charge in [-0.1, -0.05) is 11.6 Å². The number of allylic oxidation sites excluding steroid dienone is 1. The van der Waals surface area contributed by atoms with Crippen molar-refractivity contribution in [2.75, 3.05) is 0 Å². The zero-order chi connectivity index (χ0) is 10.0. The van der Waals surface area contributed by atoms with Crippen LogP contribution >= 0.6 is 27.5 Å². The molecule has 0 aliphatic rings. The number of hydrogen-bond acceptors (Lipinski definition) is 1. The molecule has 13 heavy (non-hydrogen) atoms. The molecule has 1 heterocycles.